The van der Waals surface area contributed by atoms with E-state index >= 15 is 0 Å². The van der Waals surface area contributed by atoms with Crippen molar-refractivity contribution in [3.05, 3.63) is 68.7 Å². The van der Waals surface area contributed by atoms with E-state index in [-0.39, 0.29) is 12.2 Å². The van der Waals surface area contributed by atoms with Gasteiger partial charge in [0.1, 0.15) is 5.75 Å². The Bertz CT molecular complexity index is 1070. The third kappa shape index (κ3) is 4.20. The lowest BCUT2D eigenvalue weighted by molar-refractivity contribution is -0.145. The van der Waals surface area contributed by atoms with Crippen molar-refractivity contribution in [3.8, 4) is 16.2 Å². The number of H-pyrrole nitrogens is 1. The van der Waals surface area contributed by atoms with Crippen LogP contribution in [-0.2, 0) is 25.7 Å². The summed E-state index contributed by atoms with van der Waals surface area (Å²) in [5.41, 5.74) is 0.933. The molecule has 1 N–H and O–H groups in total. The highest BCUT2D eigenvalue weighted by molar-refractivity contribution is 7.15. The van der Waals surface area contributed by atoms with Crippen LogP contribution in [-0.4, -0.2) is 28.5 Å². The Balaban J connectivity index is 1.48. The number of nitrogens with one attached hydrogen (secondary N) is 1. The number of halogens is 3. The first kappa shape index (κ1) is 19.7. The second kappa shape index (κ2) is 7.64. The molecular weight excluding hydrogens is 403 g/mol. The third-order valence-electron chi connectivity index (χ3n) is 4.83. The zero-order valence-corrected chi connectivity index (χ0v) is 16.4. The second-order valence-electron chi connectivity index (χ2n) is 6.79. The number of rotatable bonds is 4. The van der Waals surface area contributed by atoms with E-state index in [1.807, 2.05) is 41.4 Å². The highest BCUT2D eigenvalue weighted by Gasteiger charge is 2.35. The van der Waals surface area contributed by atoms with Gasteiger partial charge in [-0.15, -0.1) is 11.3 Å². The van der Waals surface area contributed by atoms with Gasteiger partial charge in [-0.1, -0.05) is 0 Å². The van der Waals surface area contributed by atoms with E-state index in [0.29, 0.717) is 25.1 Å². The highest BCUT2D eigenvalue weighted by atomic mass is 32.1. The highest BCUT2D eigenvalue weighted by Crippen LogP contribution is 2.31. The lowest BCUT2D eigenvalue weighted by Crippen LogP contribution is -2.36. The van der Waals surface area contributed by atoms with E-state index in [0.717, 1.165) is 21.1 Å². The van der Waals surface area contributed by atoms with Crippen LogP contribution in [0.15, 0.2) is 41.2 Å². The van der Waals surface area contributed by atoms with E-state index < -0.39 is 17.6 Å². The molecule has 1 aromatic carbocycles. The van der Waals surface area contributed by atoms with Gasteiger partial charge in [-0.25, -0.2) is 4.98 Å². The zero-order valence-electron chi connectivity index (χ0n) is 15.5. The molecule has 29 heavy (non-hydrogen) atoms. The molecular formula is C20H18F3N3O2S. The number of thiophene rings is 1. The molecule has 152 valence electrons. The Hall–Kier alpha value is -2.65. The molecule has 0 bridgehead atoms. The van der Waals surface area contributed by atoms with Crippen LogP contribution in [0.25, 0.3) is 10.4 Å². The molecule has 0 spiro atoms. The largest absolute Gasteiger partial charge is 0.497 e. The summed E-state index contributed by atoms with van der Waals surface area (Å²) in [6, 6.07) is 11.9. The van der Waals surface area contributed by atoms with E-state index in [1.165, 1.54) is 0 Å². The molecule has 3 aromatic rings. The van der Waals surface area contributed by atoms with Crippen LogP contribution in [0.1, 0.15) is 22.0 Å². The van der Waals surface area contributed by atoms with E-state index in [1.54, 1.807) is 18.4 Å². The average Bonchev–Trinajstić information content (AvgIpc) is 3.16. The standard InChI is InChI=1S/C20H18F3N3O2S/c1-28-13-4-2-12(3-5-13)17-7-6-14(29-17)10-26-9-8-16-15(11-26)18(27)25-19(24-16)20(21,22)23/h2-7H,8-11H2,1H3,(H,24,25,27). The Kier molecular flexibility index (Phi) is 5.18. The summed E-state index contributed by atoms with van der Waals surface area (Å²) in [6.45, 7) is 1.46. The summed E-state index contributed by atoms with van der Waals surface area (Å²) in [7, 11) is 1.62. The number of fused-ring (bicyclic) bond motifs is 1. The van der Waals surface area contributed by atoms with Crippen LogP contribution in [0.3, 0.4) is 0 Å². The smallest absolute Gasteiger partial charge is 0.449 e. The first-order valence-corrected chi connectivity index (χ1v) is 9.80. The minimum Gasteiger partial charge on any atom is -0.497 e. The van der Waals surface area contributed by atoms with Crippen LogP contribution in [0.2, 0.25) is 0 Å². The maximum Gasteiger partial charge on any atom is 0.449 e. The van der Waals surface area contributed by atoms with Crippen molar-refractivity contribution in [2.75, 3.05) is 13.7 Å². The monoisotopic (exact) mass is 421 g/mol. The van der Waals surface area contributed by atoms with Gasteiger partial charge >= 0.3 is 6.18 Å². The molecule has 0 amide bonds. The summed E-state index contributed by atoms with van der Waals surface area (Å²) in [4.78, 5) is 21.9. The third-order valence-corrected chi connectivity index (χ3v) is 5.95. The number of methoxy groups -OCH3 is 1. The van der Waals surface area contributed by atoms with E-state index in [2.05, 4.69) is 9.88 Å². The predicted octanol–water partition coefficient (Wildman–Crippen LogP) is 4.08. The normalized spacial score (nSPS) is 14.6. The molecule has 4 rings (SSSR count). The SMILES string of the molecule is COc1ccc(-c2ccc(CN3CCc4nc(C(F)(F)F)[nH]c(=O)c4C3)s2)cc1. The zero-order chi connectivity index (χ0) is 20.6. The van der Waals surface area contributed by atoms with Gasteiger partial charge in [0.15, 0.2) is 0 Å². The van der Waals surface area contributed by atoms with Crippen molar-refractivity contribution in [1.82, 2.24) is 14.9 Å². The van der Waals surface area contributed by atoms with Crippen molar-refractivity contribution in [2.24, 2.45) is 0 Å². The number of aromatic amines is 1. The molecule has 9 heteroatoms. The van der Waals surface area contributed by atoms with Crippen LogP contribution in [0.4, 0.5) is 13.2 Å². The Morgan fingerprint density at radius 3 is 2.66 bits per heavy atom. The van der Waals surface area contributed by atoms with Crippen molar-refractivity contribution in [3.63, 3.8) is 0 Å². The number of nitrogens with zero attached hydrogens (tertiary/aromatic N) is 2. The first-order chi connectivity index (χ1) is 13.8. The van der Waals surface area contributed by atoms with E-state index in [9.17, 15) is 18.0 Å². The molecule has 0 aliphatic carbocycles. The Labute approximate surface area is 168 Å². The van der Waals surface area contributed by atoms with Crippen molar-refractivity contribution in [1.29, 1.82) is 0 Å². The maximum atomic E-state index is 12.8. The molecule has 0 atom stereocenters. The molecule has 0 saturated carbocycles. The predicted molar refractivity (Wildman–Crippen MR) is 104 cm³/mol. The van der Waals surface area contributed by atoms with Gasteiger partial charge in [0.25, 0.3) is 5.56 Å². The number of benzene rings is 1. The summed E-state index contributed by atoms with van der Waals surface area (Å²) in [5, 5.41) is 0. The van der Waals surface area contributed by atoms with Crippen LogP contribution in [0, 0.1) is 0 Å². The van der Waals surface area contributed by atoms with Gasteiger partial charge in [0, 0.05) is 35.8 Å². The molecule has 1 aliphatic rings. The molecule has 0 radical (unpaired) electrons. The number of aromatic nitrogens is 2. The molecule has 2 aromatic heterocycles. The minimum atomic E-state index is -4.65. The summed E-state index contributed by atoms with van der Waals surface area (Å²) >= 11 is 1.65. The molecule has 0 unspecified atom stereocenters. The Morgan fingerprint density at radius 2 is 1.97 bits per heavy atom. The van der Waals surface area contributed by atoms with Crippen molar-refractivity contribution >= 4 is 11.3 Å². The van der Waals surface area contributed by atoms with Gasteiger partial charge in [0.2, 0.25) is 5.82 Å². The molecule has 3 heterocycles. The van der Waals surface area contributed by atoms with Gasteiger partial charge < -0.3 is 9.72 Å². The molecule has 0 fully saturated rings. The van der Waals surface area contributed by atoms with Gasteiger partial charge in [-0.2, -0.15) is 13.2 Å². The molecule has 1 aliphatic heterocycles. The second-order valence-corrected chi connectivity index (χ2v) is 7.96. The maximum absolute atomic E-state index is 12.8. The number of alkyl halides is 3. The topological polar surface area (TPSA) is 58.2 Å². The molecule has 5 nitrogen and oxygen atoms in total. The van der Waals surface area contributed by atoms with E-state index in [4.69, 9.17) is 4.74 Å². The fraction of sp³-hybridized carbons (Fsp3) is 0.300. The molecule has 0 saturated heterocycles. The van der Waals surface area contributed by atoms with Crippen LogP contribution >= 0.6 is 11.3 Å². The van der Waals surface area contributed by atoms with Crippen LogP contribution in [0.5, 0.6) is 5.75 Å². The Morgan fingerprint density at radius 1 is 1.21 bits per heavy atom. The quantitative estimate of drug-likeness (QED) is 0.690. The first-order valence-electron chi connectivity index (χ1n) is 8.98. The fourth-order valence-electron chi connectivity index (χ4n) is 3.34. The average molecular weight is 421 g/mol. The van der Waals surface area contributed by atoms with Crippen molar-refractivity contribution in [2.45, 2.75) is 25.7 Å². The lowest BCUT2D eigenvalue weighted by atomic mass is 10.1. The summed E-state index contributed by atoms with van der Waals surface area (Å²) in [5.74, 6) is -0.429. The summed E-state index contributed by atoms with van der Waals surface area (Å²) in [6.07, 6.45) is -4.33. The van der Waals surface area contributed by atoms with Gasteiger partial charge in [0.05, 0.1) is 18.4 Å². The van der Waals surface area contributed by atoms with Crippen LogP contribution < -0.4 is 10.3 Å². The minimum absolute atomic E-state index is 0.238. The number of ether oxygens (including phenoxy) is 1. The van der Waals surface area contributed by atoms with Gasteiger partial charge in [-0.05, 0) is 42.0 Å². The van der Waals surface area contributed by atoms with Gasteiger partial charge in [-0.3, -0.25) is 9.69 Å². The van der Waals surface area contributed by atoms with Crippen molar-refractivity contribution < 1.29 is 17.9 Å². The number of hydrogen-bond acceptors (Lipinski definition) is 5. The summed E-state index contributed by atoms with van der Waals surface area (Å²) < 4.78 is 43.7. The lowest BCUT2D eigenvalue weighted by Gasteiger charge is -2.27. The fourth-order valence-corrected chi connectivity index (χ4v) is 4.40. The number of hydrogen-bond donors (Lipinski definition) is 1.